The summed E-state index contributed by atoms with van der Waals surface area (Å²) < 4.78 is 79.1. The molecule has 0 fully saturated rings. The minimum absolute atomic E-state index is 1.09. The smallest absolute Gasteiger partial charge is 0.389 e. The van der Waals surface area contributed by atoms with E-state index in [0.717, 1.165) is 0 Å². The van der Waals surface area contributed by atoms with Gasteiger partial charge in [0, 0.05) is 6.42 Å². The van der Waals surface area contributed by atoms with Gasteiger partial charge < -0.3 is 9.84 Å². The van der Waals surface area contributed by atoms with Crippen LogP contribution < -0.4 is 0 Å². The molecule has 2 atom stereocenters. The molecule has 0 aliphatic heterocycles. The van der Waals surface area contributed by atoms with Crippen molar-refractivity contribution in [3.05, 3.63) is 0 Å². The summed E-state index contributed by atoms with van der Waals surface area (Å²) in [5.74, 6) is -7.78. The number of carbonyl (C=O) groups excluding carboxylic acids is 1. The molecule has 4 nitrogen and oxygen atoms in total. The molecule has 0 aliphatic rings. The van der Waals surface area contributed by atoms with Crippen molar-refractivity contribution in [1.82, 2.24) is 0 Å². The molecule has 0 aromatic rings. The van der Waals surface area contributed by atoms with Gasteiger partial charge in [0.05, 0.1) is 18.3 Å². The zero-order valence-electron chi connectivity index (χ0n) is 12.7. The monoisotopic (exact) mass is 352 g/mol. The molecule has 0 radical (unpaired) electrons. The quantitative estimate of drug-likeness (QED) is 0.581. The van der Waals surface area contributed by atoms with Gasteiger partial charge in [-0.3, -0.25) is 9.59 Å². The lowest BCUT2D eigenvalue weighted by Crippen LogP contribution is -2.38. The summed E-state index contributed by atoms with van der Waals surface area (Å²) in [6, 6.07) is 0. The van der Waals surface area contributed by atoms with Crippen molar-refractivity contribution in [1.29, 1.82) is 0 Å². The fourth-order valence-corrected chi connectivity index (χ4v) is 1.83. The maximum Gasteiger partial charge on any atom is 0.389 e. The van der Waals surface area contributed by atoms with Crippen LogP contribution in [0.4, 0.5) is 26.3 Å². The van der Waals surface area contributed by atoms with Crippen molar-refractivity contribution in [3.63, 3.8) is 0 Å². The Hall–Kier alpha value is -1.48. The summed E-state index contributed by atoms with van der Waals surface area (Å²) in [6.07, 6.45) is -14.3. The van der Waals surface area contributed by atoms with E-state index in [0.29, 0.717) is 0 Å². The topological polar surface area (TPSA) is 63.6 Å². The first-order valence-electron chi connectivity index (χ1n) is 6.61. The van der Waals surface area contributed by atoms with Gasteiger partial charge in [-0.05, 0) is 27.2 Å². The van der Waals surface area contributed by atoms with Crippen LogP contribution >= 0.6 is 0 Å². The van der Waals surface area contributed by atoms with Gasteiger partial charge in [-0.2, -0.15) is 26.3 Å². The standard InChI is InChI=1S/C13H18F6O4/c1-11(2,3)23-10(22)7(4-5-12(14,15)16)8(9(20)21)6-13(17,18)19/h7-8H,4-6H2,1-3H3,(H,20,21)/t7?,8-/m1/s1. The molecule has 23 heavy (non-hydrogen) atoms. The number of halogens is 6. The maximum atomic E-state index is 12.5. The number of carboxylic acid groups (broad SMARTS) is 1. The molecule has 1 N–H and O–H groups in total. The molecule has 0 saturated carbocycles. The van der Waals surface area contributed by atoms with E-state index in [1.807, 2.05) is 0 Å². The molecule has 136 valence electrons. The Morgan fingerprint density at radius 3 is 1.74 bits per heavy atom. The Morgan fingerprint density at radius 1 is 0.957 bits per heavy atom. The summed E-state index contributed by atoms with van der Waals surface area (Å²) in [5.41, 5.74) is -1.17. The molecule has 0 saturated heterocycles. The van der Waals surface area contributed by atoms with Gasteiger partial charge in [-0.1, -0.05) is 0 Å². The van der Waals surface area contributed by atoms with Crippen LogP contribution in [0.3, 0.4) is 0 Å². The molecule has 10 heteroatoms. The van der Waals surface area contributed by atoms with Gasteiger partial charge in [-0.15, -0.1) is 0 Å². The largest absolute Gasteiger partial charge is 0.481 e. The molecular formula is C13H18F6O4. The molecule has 0 amide bonds. The van der Waals surface area contributed by atoms with E-state index in [9.17, 15) is 35.9 Å². The third kappa shape index (κ3) is 10.0. The second kappa shape index (κ2) is 7.39. The average molecular weight is 352 g/mol. The number of hydrogen-bond donors (Lipinski definition) is 1. The molecule has 1 unspecified atom stereocenters. The second-order valence-corrected chi connectivity index (χ2v) is 6.06. The van der Waals surface area contributed by atoms with Gasteiger partial charge in [0.15, 0.2) is 0 Å². The Morgan fingerprint density at radius 2 is 1.43 bits per heavy atom. The molecule has 0 spiro atoms. The molecule has 0 heterocycles. The predicted molar refractivity (Wildman–Crippen MR) is 66.4 cm³/mol. The summed E-state index contributed by atoms with van der Waals surface area (Å²) in [7, 11) is 0. The summed E-state index contributed by atoms with van der Waals surface area (Å²) >= 11 is 0. The van der Waals surface area contributed by atoms with Crippen LogP contribution in [0.15, 0.2) is 0 Å². The summed E-state index contributed by atoms with van der Waals surface area (Å²) in [6.45, 7) is 4.10. The van der Waals surface area contributed by atoms with Gasteiger partial charge in [0.1, 0.15) is 5.60 Å². The third-order valence-electron chi connectivity index (χ3n) is 2.70. The molecule has 0 rings (SSSR count). The molecule has 0 aromatic carbocycles. The van der Waals surface area contributed by atoms with Gasteiger partial charge in [0.25, 0.3) is 0 Å². The first-order valence-corrected chi connectivity index (χ1v) is 6.61. The van der Waals surface area contributed by atoms with E-state index in [1.165, 1.54) is 20.8 Å². The Bertz CT molecular complexity index is 422. The van der Waals surface area contributed by atoms with Gasteiger partial charge in [0.2, 0.25) is 0 Å². The van der Waals surface area contributed by atoms with E-state index >= 15 is 0 Å². The van der Waals surface area contributed by atoms with Gasteiger partial charge in [-0.25, -0.2) is 0 Å². The van der Waals surface area contributed by atoms with Crippen molar-refractivity contribution in [2.45, 2.75) is 58.0 Å². The van der Waals surface area contributed by atoms with E-state index in [1.54, 1.807) is 0 Å². The zero-order valence-corrected chi connectivity index (χ0v) is 12.7. The normalized spacial score (nSPS) is 15.9. The van der Waals surface area contributed by atoms with Crippen LogP contribution in [0.25, 0.3) is 0 Å². The fourth-order valence-electron chi connectivity index (χ4n) is 1.83. The van der Waals surface area contributed by atoms with Crippen molar-refractivity contribution < 1.29 is 45.8 Å². The number of aliphatic carboxylic acids is 1. The minimum Gasteiger partial charge on any atom is -0.481 e. The maximum absolute atomic E-state index is 12.5. The lowest BCUT2D eigenvalue weighted by atomic mass is 9.85. The van der Waals surface area contributed by atoms with Crippen LogP contribution in [0.2, 0.25) is 0 Å². The van der Waals surface area contributed by atoms with E-state index in [2.05, 4.69) is 0 Å². The van der Waals surface area contributed by atoms with Crippen LogP contribution in [0.5, 0.6) is 0 Å². The first-order chi connectivity index (χ1) is 10.0. The summed E-state index contributed by atoms with van der Waals surface area (Å²) in [5, 5.41) is 8.89. The SMILES string of the molecule is CC(C)(C)OC(=O)C(CCC(F)(F)F)[C@@H](CC(F)(F)F)C(=O)O. The minimum atomic E-state index is -4.94. The molecule has 0 bridgehead atoms. The van der Waals surface area contributed by atoms with E-state index in [-0.39, 0.29) is 0 Å². The highest BCUT2D eigenvalue weighted by atomic mass is 19.4. The number of esters is 1. The fraction of sp³-hybridized carbons (Fsp3) is 0.846. The lowest BCUT2D eigenvalue weighted by Gasteiger charge is -2.28. The van der Waals surface area contributed by atoms with Crippen LogP contribution in [-0.4, -0.2) is 35.0 Å². The number of carbonyl (C=O) groups is 2. The predicted octanol–water partition coefficient (Wildman–Crippen LogP) is 3.94. The van der Waals surface area contributed by atoms with Crippen molar-refractivity contribution in [2.75, 3.05) is 0 Å². The Labute approximate surface area is 128 Å². The number of carboxylic acids is 1. The second-order valence-electron chi connectivity index (χ2n) is 6.06. The highest BCUT2D eigenvalue weighted by Gasteiger charge is 2.45. The molecule has 0 aromatic heterocycles. The van der Waals surface area contributed by atoms with Crippen molar-refractivity contribution in [3.8, 4) is 0 Å². The zero-order chi connectivity index (χ0) is 18.6. The molecular weight excluding hydrogens is 334 g/mol. The Balaban J connectivity index is 5.42. The Kier molecular flexibility index (Phi) is 6.92. The number of rotatable bonds is 6. The van der Waals surface area contributed by atoms with Crippen molar-refractivity contribution in [2.24, 2.45) is 11.8 Å². The highest BCUT2D eigenvalue weighted by Crippen LogP contribution is 2.35. The van der Waals surface area contributed by atoms with Gasteiger partial charge >= 0.3 is 24.3 Å². The number of hydrogen-bond acceptors (Lipinski definition) is 3. The van der Waals surface area contributed by atoms with Crippen molar-refractivity contribution >= 4 is 11.9 Å². The number of alkyl halides is 6. The van der Waals surface area contributed by atoms with E-state index in [4.69, 9.17) is 9.84 Å². The highest BCUT2D eigenvalue weighted by molar-refractivity contribution is 5.81. The van der Waals surface area contributed by atoms with Crippen LogP contribution in [0, 0.1) is 11.8 Å². The first kappa shape index (κ1) is 21.5. The lowest BCUT2D eigenvalue weighted by molar-refractivity contribution is -0.182. The summed E-state index contributed by atoms with van der Waals surface area (Å²) in [4.78, 5) is 22.9. The average Bonchev–Trinajstić information content (AvgIpc) is 2.21. The van der Waals surface area contributed by atoms with Crippen LogP contribution in [0.1, 0.15) is 40.0 Å². The van der Waals surface area contributed by atoms with E-state index < -0.39 is 61.0 Å². The number of ether oxygens (including phenoxy) is 1. The van der Waals surface area contributed by atoms with Crippen LogP contribution in [-0.2, 0) is 14.3 Å². The third-order valence-corrected chi connectivity index (χ3v) is 2.70. The molecule has 0 aliphatic carbocycles.